The fourth-order valence-corrected chi connectivity index (χ4v) is 3.48. The van der Waals surface area contributed by atoms with Crippen molar-refractivity contribution in [3.8, 4) is 11.5 Å². The molecule has 0 saturated carbocycles. The molecule has 0 radical (unpaired) electrons. The lowest BCUT2D eigenvalue weighted by Gasteiger charge is -2.16. The topological polar surface area (TPSA) is 147 Å². The molecule has 1 aromatic carbocycles. The second-order valence-corrected chi connectivity index (χ2v) is 7.70. The number of hydrogen-bond donors (Lipinski definition) is 3. The number of nitrogens with one attached hydrogen (secondary N) is 2. The number of nitrogens with two attached hydrogens (primary N) is 1. The standard InChI is InChI=1S/C25H32N6O5/c1-6-8-9-16(20-14-19(31-36-20)24(32)35-7-2)15(3)27-10-11-28-25-29-18-13-22(34-5)21(33-4)12-17(18)23(26)30-25/h6,8-9,12-15,27H,7,10-11H2,1-5H3,(H3,26,28,29,30)/b8-6-,16-9+. The van der Waals surface area contributed by atoms with E-state index in [2.05, 4.69) is 25.8 Å². The number of rotatable bonds is 12. The van der Waals surface area contributed by atoms with Gasteiger partial charge in [0.2, 0.25) is 5.95 Å². The summed E-state index contributed by atoms with van der Waals surface area (Å²) in [6, 6.07) is 4.99. The molecule has 0 aliphatic rings. The summed E-state index contributed by atoms with van der Waals surface area (Å²) in [7, 11) is 3.13. The summed E-state index contributed by atoms with van der Waals surface area (Å²) in [5.41, 5.74) is 7.76. The molecule has 11 heteroatoms. The van der Waals surface area contributed by atoms with Crippen molar-refractivity contribution in [2.75, 3.05) is 45.0 Å². The number of allylic oxidation sites excluding steroid dienone is 3. The van der Waals surface area contributed by atoms with Gasteiger partial charge in [0, 0.05) is 42.2 Å². The molecule has 1 atom stereocenters. The van der Waals surface area contributed by atoms with E-state index in [9.17, 15) is 4.79 Å². The lowest BCUT2D eigenvalue weighted by molar-refractivity contribution is 0.0514. The number of benzene rings is 1. The zero-order valence-corrected chi connectivity index (χ0v) is 21.1. The fourth-order valence-electron chi connectivity index (χ4n) is 3.48. The van der Waals surface area contributed by atoms with Gasteiger partial charge in [-0.3, -0.25) is 0 Å². The molecular weight excluding hydrogens is 464 g/mol. The van der Waals surface area contributed by atoms with Crippen molar-refractivity contribution in [3.05, 3.63) is 47.9 Å². The maximum atomic E-state index is 11.9. The highest BCUT2D eigenvalue weighted by molar-refractivity contribution is 5.91. The van der Waals surface area contributed by atoms with E-state index in [0.29, 0.717) is 53.0 Å². The third-order valence-corrected chi connectivity index (χ3v) is 5.30. The zero-order valence-electron chi connectivity index (χ0n) is 21.1. The average molecular weight is 497 g/mol. The molecule has 0 amide bonds. The number of methoxy groups -OCH3 is 2. The Kier molecular flexibility index (Phi) is 9.23. The predicted molar refractivity (Wildman–Crippen MR) is 138 cm³/mol. The summed E-state index contributed by atoms with van der Waals surface area (Å²) in [5.74, 6) is 1.82. The van der Waals surface area contributed by atoms with Crippen molar-refractivity contribution in [3.63, 3.8) is 0 Å². The molecule has 0 spiro atoms. The van der Waals surface area contributed by atoms with Crippen LogP contribution < -0.4 is 25.8 Å². The maximum Gasteiger partial charge on any atom is 0.360 e. The summed E-state index contributed by atoms with van der Waals surface area (Å²) in [4.78, 5) is 20.8. The van der Waals surface area contributed by atoms with Crippen molar-refractivity contribution in [2.24, 2.45) is 0 Å². The third kappa shape index (κ3) is 6.30. The Balaban J connectivity index is 1.65. The summed E-state index contributed by atoms with van der Waals surface area (Å²) in [5, 5.41) is 11.1. The van der Waals surface area contributed by atoms with Crippen LogP contribution in [0.25, 0.3) is 16.5 Å². The van der Waals surface area contributed by atoms with Crippen LogP contribution in [-0.4, -0.2) is 61.1 Å². The van der Waals surface area contributed by atoms with Crippen molar-refractivity contribution < 1.29 is 23.5 Å². The van der Waals surface area contributed by atoms with E-state index >= 15 is 0 Å². The Hall–Kier alpha value is -4.12. The van der Waals surface area contributed by atoms with E-state index < -0.39 is 5.97 Å². The van der Waals surface area contributed by atoms with Crippen LogP contribution in [0.2, 0.25) is 0 Å². The number of ether oxygens (including phenoxy) is 3. The van der Waals surface area contributed by atoms with Crippen LogP contribution in [-0.2, 0) is 4.74 Å². The number of aromatic nitrogens is 3. The van der Waals surface area contributed by atoms with Gasteiger partial charge < -0.3 is 35.1 Å². The molecule has 4 N–H and O–H groups in total. The van der Waals surface area contributed by atoms with E-state index in [1.165, 1.54) is 0 Å². The minimum Gasteiger partial charge on any atom is -0.493 e. The lowest BCUT2D eigenvalue weighted by atomic mass is 10.0. The SMILES string of the molecule is C/C=C\C=C(\c1cc(C(=O)OCC)no1)C(C)NCCNc1nc(N)c2cc(OC)c(OC)cc2n1. The maximum absolute atomic E-state index is 11.9. The minimum atomic E-state index is -0.520. The van der Waals surface area contributed by atoms with E-state index in [0.717, 1.165) is 5.57 Å². The van der Waals surface area contributed by atoms with Crippen LogP contribution in [0.5, 0.6) is 11.5 Å². The molecule has 0 saturated heterocycles. The molecule has 0 bridgehead atoms. The van der Waals surface area contributed by atoms with Crippen molar-refractivity contribution >= 4 is 34.2 Å². The first kappa shape index (κ1) is 26.5. The average Bonchev–Trinajstić information content (AvgIpc) is 3.36. The Morgan fingerprint density at radius 2 is 1.92 bits per heavy atom. The lowest BCUT2D eigenvalue weighted by Crippen LogP contribution is -2.32. The number of carbonyl (C=O) groups is 1. The van der Waals surface area contributed by atoms with Gasteiger partial charge in [0.25, 0.3) is 0 Å². The van der Waals surface area contributed by atoms with Gasteiger partial charge in [-0.2, -0.15) is 4.98 Å². The normalized spacial score (nSPS) is 12.6. The number of nitrogens with zero attached hydrogens (tertiary/aromatic N) is 3. The molecular formula is C25H32N6O5. The number of nitrogen functional groups attached to an aromatic ring is 1. The number of hydrogen-bond acceptors (Lipinski definition) is 11. The highest BCUT2D eigenvalue weighted by atomic mass is 16.5. The Labute approximate surface area is 209 Å². The van der Waals surface area contributed by atoms with E-state index in [-0.39, 0.29) is 18.3 Å². The van der Waals surface area contributed by atoms with Crippen molar-refractivity contribution in [1.82, 2.24) is 20.4 Å². The van der Waals surface area contributed by atoms with Gasteiger partial charge in [-0.1, -0.05) is 23.4 Å². The highest BCUT2D eigenvalue weighted by Crippen LogP contribution is 2.33. The van der Waals surface area contributed by atoms with Crippen LogP contribution in [0.1, 0.15) is 37.0 Å². The van der Waals surface area contributed by atoms with E-state index in [1.807, 2.05) is 32.1 Å². The number of carbonyl (C=O) groups excluding carboxylic acids is 1. The molecule has 192 valence electrons. The summed E-state index contributed by atoms with van der Waals surface area (Å²) in [6.45, 7) is 7.03. The van der Waals surface area contributed by atoms with Gasteiger partial charge in [0.1, 0.15) is 5.82 Å². The van der Waals surface area contributed by atoms with Gasteiger partial charge >= 0.3 is 5.97 Å². The first-order chi connectivity index (χ1) is 17.4. The Bertz CT molecular complexity index is 1250. The van der Waals surface area contributed by atoms with Crippen molar-refractivity contribution in [2.45, 2.75) is 26.8 Å². The Morgan fingerprint density at radius 3 is 2.61 bits per heavy atom. The summed E-state index contributed by atoms with van der Waals surface area (Å²) in [6.07, 6.45) is 5.71. The second kappa shape index (κ2) is 12.5. The molecule has 36 heavy (non-hydrogen) atoms. The molecule has 11 nitrogen and oxygen atoms in total. The monoisotopic (exact) mass is 496 g/mol. The largest absolute Gasteiger partial charge is 0.493 e. The molecule has 2 heterocycles. The van der Waals surface area contributed by atoms with Gasteiger partial charge in [-0.05, 0) is 26.8 Å². The summed E-state index contributed by atoms with van der Waals surface area (Å²) < 4.78 is 21.1. The number of fused-ring (bicyclic) bond motifs is 1. The van der Waals surface area contributed by atoms with Gasteiger partial charge in [0.05, 0.1) is 26.3 Å². The van der Waals surface area contributed by atoms with Crippen LogP contribution in [0.15, 0.2) is 41.0 Å². The molecule has 3 rings (SSSR count). The molecule has 0 aliphatic carbocycles. The van der Waals surface area contributed by atoms with E-state index in [4.69, 9.17) is 24.5 Å². The Morgan fingerprint density at radius 1 is 1.17 bits per heavy atom. The fraction of sp³-hybridized carbons (Fsp3) is 0.360. The van der Waals surface area contributed by atoms with Crippen molar-refractivity contribution in [1.29, 1.82) is 0 Å². The second-order valence-electron chi connectivity index (χ2n) is 7.70. The highest BCUT2D eigenvalue weighted by Gasteiger charge is 2.19. The third-order valence-electron chi connectivity index (χ3n) is 5.30. The first-order valence-corrected chi connectivity index (χ1v) is 11.5. The quantitative estimate of drug-likeness (QED) is 0.192. The van der Waals surface area contributed by atoms with Crippen LogP contribution in [0.4, 0.5) is 11.8 Å². The molecule has 1 unspecified atom stereocenters. The number of esters is 1. The molecule has 0 fully saturated rings. The van der Waals surface area contributed by atoms with Crippen LogP contribution >= 0.6 is 0 Å². The predicted octanol–water partition coefficient (Wildman–Crippen LogP) is 3.44. The van der Waals surface area contributed by atoms with Gasteiger partial charge in [-0.25, -0.2) is 9.78 Å². The molecule has 2 aromatic heterocycles. The number of anilines is 2. The van der Waals surface area contributed by atoms with E-state index in [1.54, 1.807) is 39.3 Å². The molecule has 3 aromatic rings. The smallest absolute Gasteiger partial charge is 0.360 e. The van der Waals surface area contributed by atoms with Crippen LogP contribution in [0.3, 0.4) is 0 Å². The molecule has 0 aliphatic heterocycles. The zero-order chi connectivity index (χ0) is 26.1. The van der Waals surface area contributed by atoms with Gasteiger partial charge in [-0.15, -0.1) is 0 Å². The summed E-state index contributed by atoms with van der Waals surface area (Å²) >= 11 is 0. The first-order valence-electron chi connectivity index (χ1n) is 11.5. The van der Waals surface area contributed by atoms with Crippen LogP contribution in [0, 0.1) is 0 Å². The minimum absolute atomic E-state index is 0.106. The van der Waals surface area contributed by atoms with Gasteiger partial charge in [0.15, 0.2) is 23.0 Å².